The van der Waals surface area contributed by atoms with Gasteiger partial charge in [0.15, 0.2) is 5.82 Å². The first-order valence-electron chi connectivity index (χ1n) is 11.2. The van der Waals surface area contributed by atoms with Gasteiger partial charge in [0.05, 0.1) is 18.8 Å². The fourth-order valence-electron chi connectivity index (χ4n) is 4.22. The van der Waals surface area contributed by atoms with E-state index < -0.39 is 23.2 Å². The van der Waals surface area contributed by atoms with E-state index in [1.54, 1.807) is 0 Å². The number of halogens is 1. The van der Waals surface area contributed by atoms with Crippen LogP contribution in [0, 0.1) is 5.82 Å². The number of nitrogens with two attached hydrogens (primary N) is 2. The molecule has 2 amide bonds. The minimum atomic E-state index is -0.983. The van der Waals surface area contributed by atoms with Gasteiger partial charge in [0.1, 0.15) is 11.4 Å². The van der Waals surface area contributed by atoms with Crippen LogP contribution in [0.2, 0.25) is 0 Å². The summed E-state index contributed by atoms with van der Waals surface area (Å²) >= 11 is 0. The van der Waals surface area contributed by atoms with E-state index in [4.69, 9.17) is 16.2 Å². The number of primary amides is 1. The SMILES string of the molecule is NC(=O)c1c(Nc2ccc(F)c(C(=O)N3CCOCC3)c2)nc(N[C@H]2CCCC[C@@H]2N)[nH]c1=O. The Labute approximate surface area is 195 Å². The Bertz CT molecular complexity index is 1130. The maximum Gasteiger partial charge on any atom is 0.267 e. The summed E-state index contributed by atoms with van der Waals surface area (Å²) in [5.41, 5.74) is 10.6. The second kappa shape index (κ2) is 10.2. The first-order valence-corrected chi connectivity index (χ1v) is 11.2. The highest BCUT2D eigenvalue weighted by Gasteiger charge is 2.25. The second-order valence-corrected chi connectivity index (χ2v) is 8.43. The quantitative estimate of drug-likeness (QED) is 0.412. The zero-order chi connectivity index (χ0) is 24.2. The van der Waals surface area contributed by atoms with E-state index in [1.807, 2.05) is 0 Å². The Morgan fingerprint density at radius 1 is 1.21 bits per heavy atom. The lowest BCUT2D eigenvalue weighted by atomic mass is 9.91. The highest BCUT2D eigenvalue weighted by Crippen LogP contribution is 2.24. The third kappa shape index (κ3) is 5.18. The van der Waals surface area contributed by atoms with Gasteiger partial charge in [0.25, 0.3) is 17.4 Å². The minimum Gasteiger partial charge on any atom is -0.378 e. The van der Waals surface area contributed by atoms with Crippen LogP contribution >= 0.6 is 0 Å². The Kier molecular flexibility index (Phi) is 7.08. The lowest BCUT2D eigenvalue weighted by molar-refractivity contribution is 0.0300. The standard InChI is InChI=1S/C22H28FN7O4/c23-14-6-5-12(11-13(14)21(33)30-7-9-34-10-8-30)26-19-17(18(25)31)20(32)29-22(28-19)27-16-4-2-1-3-15(16)24/h5-6,11,15-16H,1-4,7-10,24H2,(H2,25,31)(H3,26,27,28,29,32)/t15-,16-/m0/s1. The van der Waals surface area contributed by atoms with Gasteiger partial charge in [-0.2, -0.15) is 4.98 Å². The Hall–Kier alpha value is -3.51. The smallest absolute Gasteiger partial charge is 0.267 e. The van der Waals surface area contributed by atoms with Crippen molar-refractivity contribution in [2.75, 3.05) is 36.9 Å². The van der Waals surface area contributed by atoms with E-state index in [2.05, 4.69) is 20.6 Å². The summed E-state index contributed by atoms with van der Waals surface area (Å²) in [6.45, 7) is 1.47. The molecule has 34 heavy (non-hydrogen) atoms. The predicted molar refractivity (Wildman–Crippen MR) is 124 cm³/mol. The molecule has 11 nitrogen and oxygen atoms in total. The van der Waals surface area contributed by atoms with Crippen LogP contribution in [0.4, 0.5) is 21.8 Å². The minimum absolute atomic E-state index is 0.0901. The molecule has 1 aliphatic carbocycles. The number of amides is 2. The third-order valence-electron chi connectivity index (χ3n) is 6.07. The van der Waals surface area contributed by atoms with Crippen molar-refractivity contribution in [1.82, 2.24) is 14.9 Å². The number of benzene rings is 1. The molecule has 0 spiro atoms. The number of anilines is 3. The molecule has 1 saturated heterocycles. The monoisotopic (exact) mass is 473 g/mol. The molecule has 0 radical (unpaired) electrons. The van der Waals surface area contributed by atoms with E-state index in [9.17, 15) is 18.8 Å². The number of rotatable bonds is 6. The molecule has 2 aliphatic rings. The van der Waals surface area contributed by atoms with Crippen LogP contribution in [0.25, 0.3) is 0 Å². The van der Waals surface area contributed by atoms with Crippen molar-refractivity contribution in [3.63, 3.8) is 0 Å². The highest BCUT2D eigenvalue weighted by atomic mass is 19.1. The number of hydrogen-bond donors (Lipinski definition) is 5. The number of carbonyl (C=O) groups is 2. The van der Waals surface area contributed by atoms with Crippen LogP contribution in [0.3, 0.4) is 0 Å². The number of nitrogens with one attached hydrogen (secondary N) is 3. The van der Waals surface area contributed by atoms with E-state index in [0.717, 1.165) is 31.7 Å². The summed E-state index contributed by atoms with van der Waals surface area (Å²) < 4.78 is 19.7. The molecule has 1 aromatic heterocycles. The van der Waals surface area contributed by atoms with Gasteiger partial charge in [-0.25, -0.2) is 4.39 Å². The van der Waals surface area contributed by atoms with Crippen molar-refractivity contribution >= 4 is 29.3 Å². The van der Waals surface area contributed by atoms with Gasteiger partial charge in [-0.15, -0.1) is 0 Å². The molecule has 0 unspecified atom stereocenters. The van der Waals surface area contributed by atoms with Crippen molar-refractivity contribution in [2.24, 2.45) is 11.5 Å². The summed E-state index contributed by atoms with van der Waals surface area (Å²) in [5, 5.41) is 5.97. The van der Waals surface area contributed by atoms with Gasteiger partial charge < -0.3 is 31.7 Å². The number of ether oxygens (including phenoxy) is 1. The molecule has 1 saturated carbocycles. The second-order valence-electron chi connectivity index (χ2n) is 8.43. The fraction of sp³-hybridized carbons (Fsp3) is 0.455. The van der Waals surface area contributed by atoms with Crippen molar-refractivity contribution in [2.45, 2.75) is 37.8 Å². The molecule has 1 aliphatic heterocycles. The van der Waals surface area contributed by atoms with E-state index >= 15 is 0 Å². The van der Waals surface area contributed by atoms with Crippen molar-refractivity contribution in [1.29, 1.82) is 0 Å². The zero-order valence-electron chi connectivity index (χ0n) is 18.6. The lowest BCUT2D eigenvalue weighted by Gasteiger charge is -2.29. The number of hydrogen-bond acceptors (Lipinski definition) is 8. The molecule has 2 atom stereocenters. The highest BCUT2D eigenvalue weighted by molar-refractivity contribution is 5.99. The molecule has 4 rings (SSSR count). The normalized spacial score (nSPS) is 20.6. The Morgan fingerprint density at radius 3 is 2.65 bits per heavy atom. The van der Waals surface area contributed by atoms with Crippen LogP contribution in [-0.2, 0) is 4.74 Å². The first-order chi connectivity index (χ1) is 16.3. The van der Waals surface area contributed by atoms with Gasteiger partial charge in [-0.3, -0.25) is 19.4 Å². The number of carbonyl (C=O) groups excluding carboxylic acids is 2. The topological polar surface area (TPSA) is 168 Å². The predicted octanol–water partition coefficient (Wildman–Crippen LogP) is 0.906. The fourth-order valence-corrected chi connectivity index (χ4v) is 4.22. The molecule has 0 bridgehead atoms. The van der Waals surface area contributed by atoms with Crippen LogP contribution in [0.1, 0.15) is 46.4 Å². The van der Waals surface area contributed by atoms with Crippen molar-refractivity contribution in [3.05, 3.63) is 45.5 Å². The van der Waals surface area contributed by atoms with Gasteiger partial charge in [-0.1, -0.05) is 12.8 Å². The number of nitrogens with zero attached hydrogens (tertiary/aromatic N) is 2. The van der Waals surface area contributed by atoms with Crippen molar-refractivity contribution < 1.29 is 18.7 Å². The maximum atomic E-state index is 14.5. The largest absolute Gasteiger partial charge is 0.378 e. The third-order valence-corrected chi connectivity index (χ3v) is 6.07. The van der Waals surface area contributed by atoms with Gasteiger partial charge >= 0.3 is 0 Å². The number of aromatic nitrogens is 2. The first kappa shape index (κ1) is 23.6. The van der Waals surface area contributed by atoms with E-state index in [-0.39, 0.29) is 40.7 Å². The van der Waals surface area contributed by atoms with Crippen LogP contribution in [0.5, 0.6) is 0 Å². The summed E-state index contributed by atoms with van der Waals surface area (Å²) in [7, 11) is 0. The summed E-state index contributed by atoms with van der Waals surface area (Å²) in [4.78, 5) is 45.7. The van der Waals surface area contributed by atoms with Gasteiger partial charge in [-0.05, 0) is 31.0 Å². The molecule has 12 heteroatoms. The summed E-state index contributed by atoms with van der Waals surface area (Å²) in [6, 6.07) is 3.63. The maximum absolute atomic E-state index is 14.5. The molecule has 1 aromatic carbocycles. The van der Waals surface area contributed by atoms with Crippen LogP contribution in [-0.4, -0.2) is 65.1 Å². The van der Waals surface area contributed by atoms with E-state index in [0.29, 0.717) is 26.3 Å². The number of aromatic amines is 1. The molecule has 2 fully saturated rings. The Morgan fingerprint density at radius 2 is 1.94 bits per heavy atom. The average Bonchev–Trinajstić information content (AvgIpc) is 2.81. The average molecular weight is 474 g/mol. The molecular weight excluding hydrogens is 445 g/mol. The van der Waals surface area contributed by atoms with Gasteiger partial charge in [0, 0.05) is 30.9 Å². The lowest BCUT2D eigenvalue weighted by Crippen LogP contribution is -2.43. The number of morpholine rings is 1. The molecule has 2 aromatic rings. The number of H-pyrrole nitrogens is 1. The Balaban J connectivity index is 1.63. The van der Waals surface area contributed by atoms with Crippen LogP contribution < -0.4 is 27.7 Å². The summed E-state index contributed by atoms with van der Waals surface area (Å²) in [6.07, 6.45) is 3.69. The zero-order valence-corrected chi connectivity index (χ0v) is 18.6. The van der Waals surface area contributed by atoms with Crippen molar-refractivity contribution in [3.8, 4) is 0 Å². The van der Waals surface area contributed by atoms with Crippen LogP contribution in [0.15, 0.2) is 23.0 Å². The molecular formula is C22H28FN7O4. The van der Waals surface area contributed by atoms with E-state index in [1.165, 1.54) is 17.0 Å². The van der Waals surface area contributed by atoms with Gasteiger partial charge in [0.2, 0.25) is 5.95 Å². The molecule has 2 heterocycles. The molecule has 182 valence electrons. The summed E-state index contributed by atoms with van der Waals surface area (Å²) in [5.74, 6) is -2.13. The molecule has 7 N–H and O–H groups in total.